The highest BCUT2D eigenvalue weighted by Crippen LogP contribution is 2.21. The molecule has 2 N–H and O–H groups in total. The quantitative estimate of drug-likeness (QED) is 0.777. The van der Waals surface area contributed by atoms with Crippen molar-refractivity contribution in [3.63, 3.8) is 0 Å². The van der Waals surface area contributed by atoms with Gasteiger partial charge in [0.25, 0.3) is 11.7 Å². The summed E-state index contributed by atoms with van der Waals surface area (Å²) in [5, 5.41) is 17.9. The summed E-state index contributed by atoms with van der Waals surface area (Å²) in [4.78, 5) is 25.9. The number of nitrogens with zero attached hydrogens (tertiary/aromatic N) is 4. The van der Waals surface area contributed by atoms with Crippen molar-refractivity contribution in [2.75, 3.05) is 5.32 Å². The molecule has 0 radical (unpaired) electrons. The number of tetrazole rings is 1. The summed E-state index contributed by atoms with van der Waals surface area (Å²) in [6.45, 7) is 0. The SMILES string of the molecule is O=C(NC1CCCC1)c1nnn(-c2ccc(NC(=O)C3CC=CCC3)cc2)n1. The van der Waals surface area contributed by atoms with Crippen LogP contribution in [0, 0.1) is 5.92 Å². The summed E-state index contributed by atoms with van der Waals surface area (Å²) in [5.74, 6) is -0.150. The summed E-state index contributed by atoms with van der Waals surface area (Å²) < 4.78 is 0. The monoisotopic (exact) mass is 380 g/mol. The normalized spacial score (nSPS) is 19.5. The van der Waals surface area contributed by atoms with Gasteiger partial charge in [-0.3, -0.25) is 9.59 Å². The first-order chi connectivity index (χ1) is 13.7. The lowest BCUT2D eigenvalue weighted by Gasteiger charge is -2.17. The van der Waals surface area contributed by atoms with Crippen molar-refractivity contribution in [3.8, 4) is 5.69 Å². The fraction of sp³-hybridized carbons (Fsp3) is 0.450. The maximum absolute atomic E-state index is 12.3. The van der Waals surface area contributed by atoms with E-state index in [-0.39, 0.29) is 29.6 Å². The van der Waals surface area contributed by atoms with Gasteiger partial charge in [0.05, 0.1) is 5.69 Å². The van der Waals surface area contributed by atoms with Crippen LogP contribution in [0.4, 0.5) is 5.69 Å². The number of nitrogens with one attached hydrogen (secondary N) is 2. The smallest absolute Gasteiger partial charge is 0.293 e. The van der Waals surface area contributed by atoms with Crippen LogP contribution in [0.2, 0.25) is 0 Å². The lowest BCUT2D eigenvalue weighted by atomic mass is 9.93. The van der Waals surface area contributed by atoms with E-state index in [1.54, 1.807) is 24.3 Å². The molecule has 1 aromatic heterocycles. The van der Waals surface area contributed by atoms with Crippen LogP contribution in [-0.2, 0) is 4.79 Å². The van der Waals surface area contributed by atoms with Gasteiger partial charge in [-0.1, -0.05) is 25.0 Å². The van der Waals surface area contributed by atoms with Crippen LogP contribution >= 0.6 is 0 Å². The number of amides is 2. The number of rotatable bonds is 5. The molecule has 1 fully saturated rings. The molecule has 2 aliphatic rings. The molecule has 1 unspecified atom stereocenters. The molecule has 146 valence electrons. The minimum atomic E-state index is -0.288. The van der Waals surface area contributed by atoms with Gasteiger partial charge >= 0.3 is 0 Å². The zero-order chi connectivity index (χ0) is 19.3. The first-order valence-electron chi connectivity index (χ1n) is 9.86. The van der Waals surface area contributed by atoms with E-state index >= 15 is 0 Å². The highest BCUT2D eigenvalue weighted by atomic mass is 16.2. The van der Waals surface area contributed by atoms with Crippen LogP contribution in [0.25, 0.3) is 5.69 Å². The molecule has 4 rings (SSSR count). The summed E-state index contributed by atoms with van der Waals surface area (Å²) in [6, 6.07) is 7.39. The van der Waals surface area contributed by atoms with Gasteiger partial charge in [-0.2, -0.15) is 0 Å². The third-order valence-electron chi connectivity index (χ3n) is 5.31. The Hall–Kier alpha value is -3.03. The molecule has 0 saturated heterocycles. The van der Waals surface area contributed by atoms with Gasteiger partial charge in [-0.25, -0.2) is 0 Å². The van der Waals surface area contributed by atoms with Gasteiger partial charge in [-0.15, -0.1) is 15.0 Å². The summed E-state index contributed by atoms with van der Waals surface area (Å²) >= 11 is 0. The van der Waals surface area contributed by atoms with Crippen molar-refractivity contribution < 1.29 is 9.59 Å². The first kappa shape index (κ1) is 18.3. The van der Waals surface area contributed by atoms with Crippen molar-refractivity contribution in [1.82, 2.24) is 25.5 Å². The minimum Gasteiger partial charge on any atom is -0.346 e. The van der Waals surface area contributed by atoms with Crippen LogP contribution in [0.1, 0.15) is 55.6 Å². The Labute approximate surface area is 163 Å². The molecule has 0 bridgehead atoms. The Bertz CT molecular complexity index is 867. The van der Waals surface area contributed by atoms with Crippen molar-refractivity contribution >= 4 is 17.5 Å². The van der Waals surface area contributed by atoms with Crippen molar-refractivity contribution in [2.45, 2.75) is 51.0 Å². The second-order valence-electron chi connectivity index (χ2n) is 7.37. The maximum Gasteiger partial charge on any atom is 0.293 e. The molecule has 8 heteroatoms. The highest BCUT2D eigenvalue weighted by Gasteiger charge is 2.21. The van der Waals surface area contributed by atoms with E-state index < -0.39 is 0 Å². The Morgan fingerprint density at radius 3 is 2.54 bits per heavy atom. The first-order valence-corrected chi connectivity index (χ1v) is 9.86. The topological polar surface area (TPSA) is 102 Å². The predicted molar refractivity (Wildman–Crippen MR) is 104 cm³/mol. The van der Waals surface area contributed by atoms with Gasteiger partial charge in [0.15, 0.2) is 0 Å². The number of hydrogen-bond donors (Lipinski definition) is 2. The predicted octanol–water partition coefficient (Wildman–Crippen LogP) is 2.63. The minimum absolute atomic E-state index is 0.0302. The molecular weight excluding hydrogens is 356 g/mol. The molecule has 1 atom stereocenters. The van der Waals surface area contributed by atoms with Crippen LogP contribution < -0.4 is 10.6 Å². The Balaban J connectivity index is 1.37. The Kier molecular flexibility index (Phi) is 5.45. The fourth-order valence-corrected chi connectivity index (χ4v) is 3.69. The Morgan fingerprint density at radius 1 is 1.04 bits per heavy atom. The second-order valence-corrected chi connectivity index (χ2v) is 7.37. The molecule has 1 saturated carbocycles. The number of allylic oxidation sites excluding steroid dienone is 2. The van der Waals surface area contributed by atoms with Crippen LogP contribution in [0.15, 0.2) is 36.4 Å². The third kappa shape index (κ3) is 4.27. The van der Waals surface area contributed by atoms with Crippen LogP contribution in [0.5, 0.6) is 0 Å². The maximum atomic E-state index is 12.3. The van der Waals surface area contributed by atoms with Gasteiger partial charge in [-0.05, 0) is 61.6 Å². The lowest BCUT2D eigenvalue weighted by molar-refractivity contribution is -0.120. The van der Waals surface area contributed by atoms with E-state index in [1.807, 2.05) is 0 Å². The number of aromatic nitrogens is 4. The van der Waals surface area contributed by atoms with Crippen molar-refractivity contribution in [2.24, 2.45) is 5.92 Å². The van der Waals surface area contributed by atoms with Crippen molar-refractivity contribution in [1.29, 1.82) is 0 Å². The third-order valence-corrected chi connectivity index (χ3v) is 5.31. The number of carbonyl (C=O) groups excluding carboxylic acids is 2. The second kappa shape index (κ2) is 8.33. The largest absolute Gasteiger partial charge is 0.346 e. The molecule has 0 spiro atoms. The number of benzene rings is 1. The molecule has 8 nitrogen and oxygen atoms in total. The molecule has 2 aliphatic carbocycles. The summed E-state index contributed by atoms with van der Waals surface area (Å²) in [7, 11) is 0. The lowest BCUT2D eigenvalue weighted by Crippen LogP contribution is -2.33. The van der Waals surface area contributed by atoms with Crippen LogP contribution in [-0.4, -0.2) is 38.1 Å². The number of carbonyl (C=O) groups is 2. The van der Waals surface area contributed by atoms with Gasteiger partial charge < -0.3 is 10.6 Å². The molecular formula is C20H24N6O2. The highest BCUT2D eigenvalue weighted by molar-refractivity contribution is 5.92. The Morgan fingerprint density at radius 2 is 1.82 bits per heavy atom. The van der Waals surface area contributed by atoms with E-state index in [0.717, 1.165) is 50.6 Å². The zero-order valence-corrected chi connectivity index (χ0v) is 15.7. The van der Waals surface area contributed by atoms with Gasteiger partial charge in [0.2, 0.25) is 5.91 Å². The molecule has 2 aromatic rings. The van der Waals surface area contributed by atoms with Crippen molar-refractivity contribution in [3.05, 3.63) is 42.2 Å². The van der Waals surface area contributed by atoms with E-state index in [0.29, 0.717) is 5.69 Å². The average molecular weight is 380 g/mol. The van der Waals surface area contributed by atoms with E-state index in [4.69, 9.17) is 0 Å². The fourth-order valence-electron chi connectivity index (χ4n) is 3.69. The standard InChI is InChI=1S/C20H24N6O2/c27-19(14-6-2-1-3-7-14)21-16-10-12-17(13-11-16)26-24-18(23-25-26)20(28)22-15-8-4-5-9-15/h1-2,10-15H,3-9H2,(H,21,27)(H,22,28). The van der Waals surface area contributed by atoms with E-state index in [9.17, 15) is 9.59 Å². The zero-order valence-electron chi connectivity index (χ0n) is 15.7. The van der Waals surface area contributed by atoms with Gasteiger partial charge in [0, 0.05) is 17.6 Å². The number of hydrogen-bond acceptors (Lipinski definition) is 5. The summed E-state index contributed by atoms with van der Waals surface area (Å²) in [5.41, 5.74) is 1.40. The molecule has 0 aliphatic heterocycles. The number of anilines is 1. The molecule has 1 heterocycles. The summed E-state index contributed by atoms with van der Waals surface area (Å²) in [6.07, 6.45) is 11.1. The van der Waals surface area contributed by atoms with E-state index in [2.05, 4.69) is 38.2 Å². The van der Waals surface area contributed by atoms with Gasteiger partial charge in [0.1, 0.15) is 0 Å². The van der Waals surface area contributed by atoms with E-state index in [1.165, 1.54) is 4.80 Å². The average Bonchev–Trinajstić information content (AvgIpc) is 3.41. The molecule has 1 aromatic carbocycles. The van der Waals surface area contributed by atoms with Crippen LogP contribution in [0.3, 0.4) is 0 Å². The molecule has 2 amide bonds. The molecule has 28 heavy (non-hydrogen) atoms.